The van der Waals surface area contributed by atoms with E-state index >= 15 is 0 Å². The van der Waals surface area contributed by atoms with Gasteiger partial charge in [-0.2, -0.15) is 0 Å². The standard InChI is InChI=1S/C24H25N3O3/c1-30-22-12-10-21(11-13-22)23(28)25-16-19-8-5-9-20(14-19)17-27-24(29)26-15-18-6-3-2-4-7-18/h2-14H,15-17H2,1H3,(H,25,28)(H2,26,27,29). The molecule has 154 valence electrons. The summed E-state index contributed by atoms with van der Waals surface area (Å²) in [5.41, 5.74) is 3.54. The maximum atomic E-state index is 12.3. The highest BCUT2D eigenvalue weighted by Gasteiger charge is 2.06. The van der Waals surface area contributed by atoms with Crippen molar-refractivity contribution in [2.24, 2.45) is 0 Å². The molecular weight excluding hydrogens is 378 g/mol. The minimum atomic E-state index is -0.225. The molecule has 0 spiro atoms. The number of urea groups is 1. The number of hydrogen-bond donors (Lipinski definition) is 3. The molecule has 3 aromatic carbocycles. The van der Waals surface area contributed by atoms with Gasteiger partial charge in [0.2, 0.25) is 0 Å². The molecule has 0 fully saturated rings. The molecule has 6 heteroatoms. The summed E-state index contributed by atoms with van der Waals surface area (Å²) in [6, 6.07) is 24.2. The number of benzene rings is 3. The van der Waals surface area contributed by atoms with Crippen molar-refractivity contribution in [2.75, 3.05) is 7.11 Å². The average Bonchev–Trinajstić information content (AvgIpc) is 2.81. The number of rotatable bonds is 8. The van der Waals surface area contributed by atoms with E-state index in [-0.39, 0.29) is 11.9 Å². The van der Waals surface area contributed by atoms with Crippen LogP contribution in [-0.4, -0.2) is 19.0 Å². The molecule has 30 heavy (non-hydrogen) atoms. The van der Waals surface area contributed by atoms with Gasteiger partial charge >= 0.3 is 6.03 Å². The van der Waals surface area contributed by atoms with Crippen molar-refractivity contribution in [3.05, 3.63) is 101 Å². The Labute approximate surface area is 176 Å². The van der Waals surface area contributed by atoms with Crippen molar-refractivity contribution in [1.29, 1.82) is 0 Å². The highest BCUT2D eigenvalue weighted by Crippen LogP contribution is 2.11. The first kappa shape index (κ1) is 20.9. The van der Waals surface area contributed by atoms with Gasteiger partial charge in [0.15, 0.2) is 0 Å². The first-order valence-corrected chi connectivity index (χ1v) is 9.70. The highest BCUT2D eigenvalue weighted by molar-refractivity contribution is 5.94. The van der Waals surface area contributed by atoms with Gasteiger partial charge in [0.05, 0.1) is 7.11 Å². The Hall–Kier alpha value is -3.80. The van der Waals surface area contributed by atoms with Crippen LogP contribution in [0.15, 0.2) is 78.9 Å². The zero-order chi connectivity index (χ0) is 21.2. The lowest BCUT2D eigenvalue weighted by Crippen LogP contribution is -2.34. The SMILES string of the molecule is COc1ccc(C(=O)NCc2cccc(CNC(=O)NCc3ccccc3)c2)cc1. The van der Waals surface area contributed by atoms with Crippen LogP contribution in [0.4, 0.5) is 4.79 Å². The Balaban J connectivity index is 1.45. The minimum Gasteiger partial charge on any atom is -0.497 e. The quantitative estimate of drug-likeness (QED) is 0.537. The highest BCUT2D eigenvalue weighted by atomic mass is 16.5. The molecule has 0 aliphatic rings. The molecule has 6 nitrogen and oxygen atoms in total. The fraction of sp³-hybridized carbons (Fsp3) is 0.167. The van der Waals surface area contributed by atoms with E-state index in [1.165, 1.54) is 0 Å². The van der Waals surface area contributed by atoms with E-state index in [2.05, 4.69) is 16.0 Å². The van der Waals surface area contributed by atoms with Gasteiger partial charge in [-0.3, -0.25) is 4.79 Å². The molecule has 0 saturated heterocycles. The van der Waals surface area contributed by atoms with Crippen LogP contribution in [0, 0.1) is 0 Å². The summed E-state index contributed by atoms with van der Waals surface area (Å²) in [5.74, 6) is 0.557. The molecule has 0 saturated carbocycles. The lowest BCUT2D eigenvalue weighted by molar-refractivity contribution is 0.0951. The third-order valence-electron chi connectivity index (χ3n) is 4.55. The Bertz CT molecular complexity index is 973. The Morgan fingerprint density at radius 2 is 1.27 bits per heavy atom. The van der Waals surface area contributed by atoms with Crippen LogP contribution in [-0.2, 0) is 19.6 Å². The van der Waals surface area contributed by atoms with Crippen LogP contribution in [0.3, 0.4) is 0 Å². The van der Waals surface area contributed by atoms with Gasteiger partial charge in [0.1, 0.15) is 5.75 Å². The Morgan fingerprint density at radius 1 is 0.700 bits per heavy atom. The van der Waals surface area contributed by atoms with E-state index in [4.69, 9.17) is 4.74 Å². The number of ether oxygens (including phenoxy) is 1. The molecule has 0 bridgehead atoms. The number of carbonyl (C=O) groups excluding carboxylic acids is 2. The van der Waals surface area contributed by atoms with Gasteiger partial charge in [-0.25, -0.2) is 4.79 Å². The Morgan fingerprint density at radius 3 is 1.90 bits per heavy atom. The monoisotopic (exact) mass is 403 g/mol. The summed E-state index contributed by atoms with van der Waals surface area (Å²) in [5, 5.41) is 8.59. The van der Waals surface area contributed by atoms with Gasteiger partial charge < -0.3 is 20.7 Å². The third kappa shape index (κ3) is 6.38. The second kappa shape index (κ2) is 10.7. The number of hydrogen-bond acceptors (Lipinski definition) is 3. The Kier molecular flexibility index (Phi) is 7.44. The maximum Gasteiger partial charge on any atom is 0.315 e. The second-order valence-corrected chi connectivity index (χ2v) is 6.75. The number of methoxy groups -OCH3 is 1. The van der Waals surface area contributed by atoms with E-state index in [0.717, 1.165) is 16.7 Å². The number of amides is 3. The average molecular weight is 403 g/mol. The second-order valence-electron chi connectivity index (χ2n) is 6.75. The number of carbonyl (C=O) groups is 2. The van der Waals surface area contributed by atoms with Crippen molar-refractivity contribution in [1.82, 2.24) is 16.0 Å². The number of nitrogens with one attached hydrogen (secondary N) is 3. The van der Waals surface area contributed by atoms with Crippen LogP contribution in [0.2, 0.25) is 0 Å². The predicted molar refractivity (Wildman–Crippen MR) is 116 cm³/mol. The van der Waals surface area contributed by atoms with Crippen LogP contribution < -0.4 is 20.7 Å². The third-order valence-corrected chi connectivity index (χ3v) is 4.55. The summed E-state index contributed by atoms with van der Waals surface area (Å²) in [6.45, 7) is 1.28. The van der Waals surface area contributed by atoms with Crippen LogP contribution in [0.5, 0.6) is 5.75 Å². The van der Waals surface area contributed by atoms with Crippen LogP contribution in [0.25, 0.3) is 0 Å². The molecule has 3 N–H and O–H groups in total. The van der Waals surface area contributed by atoms with E-state index in [0.29, 0.717) is 30.9 Å². The molecule has 3 rings (SSSR count). The summed E-state index contributed by atoms with van der Waals surface area (Å²) < 4.78 is 5.10. The molecule has 0 aromatic heterocycles. The van der Waals surface area contributed by atoms with Crippen molar-refractivity contribution in [3.63, 3.8) is 0 Å². The molecule has 0 unspecified atom stereocenters. The smallest absolute Gasteiger partial charge is 0.315 e. The van der Waals surface area contributed by atoms with Gasteiger partial charge in [-0.05, 0) is 41.0 Å². The molecular formula is C24H25N3O3. The van der Waals surface area contributed by atoms with E-state index < -0.39 is 0 Å². The van der Waals surface area contributed by atoms with Crippen LogP contribution in [0.1, 0.15) is 27.0 Å². The molecule has 0 atom stereocenters. The topological polar surface area (TPSA) is 79.5 Å². The largest absolute Gasteiger partial charge is 0.497 e. The van der Waals surface area contributed by atoms with E-state index in [1.807, 2.05) is 54.6 Å². The fourth-order valence-corrected chi connectivity index (χ4v) is 2.90. The fourth-order valence-electron chi connectivity index (χ4n) is 2.90. The summed E-state index contributed by atoms with van der Waals surface area (Å²) >= 11 is 0. The lowest BCUT2D eigenvalue weighted by atomic mass is 10.1. The maximum absolute atomic E-state index is 12.3. The predicted octanol–water partition coefficient (Wildman–Crippen LogP) is 3.62. The first-order valence-electron chi connectivity index (χ1n) is 9.70. The molecule has 3 aromatic rings. The summed E-state index contributed by atoms with van der Waals surface area (Å²) in [7, 11) is 1.59. The van der Waals surface area contributed by atoms with Crippen molar-refractivity contribution in [2.45, 2.75) is 19.6 Å². The van der Waals surface area contributed by atoms with Crippen molar-refractivity contribution in [3.8, 4) is 5.75 Å². The van der Waals surface area contributed by atoms with Gasteiger partial charge in [0.25, 0.3) is 5.91 Å². The van der Waals surface area contributed by atoms with Crippen molar-refractivity contribution < 1.29 is 14.3 Å². The van der Waals surface area contributed by atoms with Gasteiger partial charge in [-0.15, -0.1) is 0 Å². The summed E-state index contributed by atoms with van der Waals surface area (Å²) in [4.78, 5) is 24.3. The van der Waals surface area contributed by atoms with E-state index in [9.17, 15) is 9.59 Å². The summed E-state index contributed by atoms with van der Waals surface area (Å²) in [6.07, 6.45) is 0. The molecule has 0 aliphatic carbocycles. The molecule has 0 aliphatic heterocycles. The zero-order valence-corrected chi connectivity index (χ0v) is 16.9. The molecule has 0 heterocycles. The van der Waals surface area contributed by atoms with Gasteiger partial charge in [0, 0.05) is 25.2 Å². The lowest BCUT2D eigenvalue weighted by Gasteiger charge is -2.10. The molecule has 3 amide bonds. The minimum absolute atomic E-state index is 0.151. The normalized spacial score (nSPS) is 10.2. The first-order chi connectivity index (χ1) is 14.6. The zero-order valence-electron chi connectivity index (χ0n) is 16.9. The van der Waals surface area contributed by atoms with Crippen molar-refractivity contribution >= 4 is 11.9 Å². The molecule has 0 radical (unpaired) electrons. The van der Waals surface area contributed by atoms with Gasteiger partial charge in [-0.1, -0.05) is 54.6 Å². The van der Waals surface area contributed by atoms with Crippen LogP contribution >= 0.6 is 0 Å². The van der Waals surface area contributed by atoms with E-state index in [1.54, 1.807) is 31.4 Å².